The molecule has 2 aromatic carbocycles. The van der Waals surface area contributed by atoms with Crippen LogP contribution in [-0.4, -0.2) is 23.3 Å². The van der Waals surface area contributed by atoms with E-state index in [1.807, 2.05) is 24.3 Å². The van der Waals surface area contributed by atoms with Crippen LogP contribution < -0.4 is 10.6 Å². The van der Waals surface area contributed by atoms with Crippen molar-refractivity contribution in [3.05, 3.63) is 57.9 Å². The van der Waals surface area contributed by atoms with Gasteiger partial charge in [0.25, 0.3) is 0 Å². The van der Waals surface area contributed by atoms with E-state index in [-0.39, 0.29) is 29.1 Å². The summed E-state index contributed by atoms with van der Waals surface area (Å²) in [5, 5.41) is 5.42. The average molecular weight is 444 g/mol. The fraction of sp³-hybridized carbons (Fsp3) is 0.125. The van der Waals surface area contributed by atoms with E-state index in [1.54, 1.807) is 0 Å². The van der Waals surface area contributed by atoms with Gasteiger partial charge in [-0.1, -0.05) is 6.07 Å². The Bertz CT molecular complexity index is 695. The molecule has 0 fully saturated rings. The van der Waals surface area contributed by atoms with Gasteiger partial charge in [0, 0.05) is 14.9 Å². The van der Waals surface area contributed by atoms with E-state index in [2.05, 4.69) is 33.2 Å². The van der Waals surface area contributed by atoms with Crippen molar-refractivity contribution in [2.24, 2.45) is 0 Å². The van der Waals surface area contributed by atoms with E-state index in [0.717, 1.165) is 9.26 Å². The van der Waals surface area contributed by atoms with Crippen LogP contribution in [0.15, 0.2) is 48.5 Å². The number of thioether (sulfide) groups is 1. The number of anilines is 2. The van der Waals surface area contributed by atoms with Crippen molar-refractivity contribution in [3.63, 3.8) is 0 Å². The lowest BCUT2D eigenvalue weighted by Gasteiger charge is -2.06. The Morgan fingerprint density at radius 2 is 1.57 bits per heavy atom. The molecule has 2 amide bonds. The number of amides is 2. The van der Waals surface area contributed by atoms with Crippen LogP contribution in [0.2, 0.25) is 0 Å². The summed E-state index contributed by atoms with van der Waals surface area (Å²) in [4.78, 5) is 23.5. The van der Waals surface area contributed by atoms with Gasteiger partial charge in [-0.2, -0.15) is 0 Å². The number of nitrogens with one attached hydrogen (secondary N) is 2. The Morgan fingerprint density at radius 3 is 2.17 bits per heavy atom. The zero-order valence-corrected chi connectivity index (χ0v) is 15.0. The van der Waals surface area contributed by atoms with Gasteiger partial charge in [-0.3, -0.25) is 9.59 Å². The number of hydrogen-bond acceptors (Lipinski definition) is 3. The molecule has 0 unspecified atom stereocenters. The Balaban J connectivity index is 1.70. The molecular weight excluding hydrogens is 430 g/mol. The monoisotopic (exact) mass is 444 g/mol. The summed E-state index contributed by atoms with van der Waals surface area (Å²) in [6, 6.07) is 13.0. The van der Waals surface area contributed by atoms with Gasteiger partial charge in [-0.25, -0.2) is 4.39 Å². The molecular formula is C16H14FIN2O2S. The summed E-state index contributed by atoms with van der Waals surface area (Å²) in [5.74, 6) is -0.417. The maximum atomic E-state index is 12.8. The van der Waals surface area contributed by atoms with Crippen LogP contribution in [0.4, 0.5) is 15.8 Å². The molecule has 0 aliphatic carbocycles. The third kappa shape index (κ3) is 6.57. The van der Waals surface area contributed by atoms with Crippen LogP contribution in [0.5, 0.6) is 0 Å². The number of rotatable bonds is 6. The molecule has 4 nitrogen and oxygen atoms in total. The topological polar surface area (TPSA) is 58.2 Å². The van der Waals surface area contributed by atoms with Crippen molar-refractivity contribution in [1.82, 2.24) is 0 Å². The molecule has 0 heterocycles. The first-order valence-corrected chi connectivity index (χ1v) is 8.95. The Hall–Kier alpha value is -1.61. The summed E-state index contributed by atoms with van der Waals surface area (Å²) >= 11 is 3.38. The first-order valence-electron chi connectivity index (χ1n) is 6.71. The lowest BCUT2D eigenvalue weighted by Crippen LogP contribution is -2.18. The largest absolute Gasteiger partial charge is 0.325 e. The Kier molecular flexibility index (Phi) is 6.85. The predicted molar refractivity (Wildman–Crippen MR) is 100 cm³/mol. The van der Waals surface area contributed by atoms with E-state index in [1.165, 1.54) is 36.0 Å². The first-order chi connectivity index (χ1) is 11.0. The predicted octanol–water partition coefficient (Wildman–Crippen LogP) is 3.74. The highest BCUT2D eigenvalue weighted by Gasteiger charge is 2.07. The molecule has 23 heavy (non-hydrogen) atoms. The number of benzene rings is 2. The summed E-state index contributed by atoms with van der Waals surface area (Å²) in [6.07, 6.45) is 0. The SMILES string of the molecule is O=C(CSCC(=O)Nc1cccc(I)c1)Nc1ccc(F)cc1. The lowest BCUT2D eigenvalue weighted by atomic mass is 10.3. The van der Waals surface area contributed by atoms with Crippen molar-refractivity contribution in [3.8, 4) is 0 Å². The van der Waals surface area contributed by atoms with Crippen LogP contribution in [0.1, 0.15) is 0 Å². The lowest BCUT2D eigenvalue weighted by molar-refractivity contribution is -0.114. The normalized spacial score (nSPS) is 10.2. The molecule has 0 bridgehead atoms. The molecule has 0 aromatic heterocycles. The summed E-state index contributed by atoms with van der Waals surface area (Å²) in [6.45, 7) is 0. The minimum atomic E-state index is -0.357. The molecule has 2 rings (SSSR count). The second kappa shape index (κ2) is 8.88. The highest BCUT2D eigenvalue weighted by atomic mass is 127. The van der Waals surface area contributed by atoms with Crippen molar-refractivity contribution in [2.45, 2.75) is 0 Å². The van der Waals surface area contributed by atoms with Crippen LogP contribution in [0, 0.1) is 9.39 Å². The van der Waals surface area contributed by atoms with Crippen LogP contribution in [0.3, 0.4) is 0 Å². The molecule has 0 saturated heterocycles. The molecule has 0 aliphatic rings. The summed E-state index contributed by atoms with van der Waals surface area (Å²) < 4.78 is 13.8. The molecule has 2 N–H and O–H groups in total. The second-order valence-electron chi connectivity index (χ2n) is 4.61. The van der Waals surface area contributed by atoms with Gasteiger partial charge in [-0.15, -0.1) is 11.8 Å². The number of carbonyl (C=O) groups excluding carboxylic acids is 2. The molecule has 0 saturated carbocycles. The molecule has 7 heteroatoms. The van der Waals surface area contributed by atoms with Crippen molar-refractivity contribution in [2.75, 3.05) is 22.1 Å². The Labute approximate surface area is 151 Å². The Morgan fingerprint density at radius 1 is 0.957 bits per heavy atom. The highest BCUT2D eigenvalue weighted by molar-refractivity contribution is 14.1. The second-order valence-corrected chi connectivity index (χ2v) is 6.84. The zero-order valence-electron chi connectivity index (χ0n) is 12.0. The highest BCUT2D eigenvalue weighted by Crippen LogP contribution is 2.13. The van der Waals surface area contributed by atoms with E-state index in [9.17, 15) is 14.0 Å². The number of halogens is 2. The minimum Gasteiger partial charge on any atom is -0.325 e. The van der Waals surface area contributed by atoms with Crippen molar-refractivity contribution >= 4 is 57.5 Å². The smallest absolute Gasteiger partial charge is 0.234 e. The summed E-state index contributed by atoms with van der Waals surface area (Å²) in [5.41, 5.74) is 1.26. The molecule has 0 aliphatic heterocycles. The fourth-order valence-electron chi connectivity index (χ4n) is 1.73. The van der Waals surface area contributed by atoms with Gasteiger partial charge >= 0.3 is 0 Å². The quantitative estimate of drug-likeness (QED) is 0.668. The van der Waals surface area contributed by atoms with Gasteiger partial charge in [0.2, 0.25) is 11.8 Å². The number of hydrogen-bond donors (Lipinski definition) is 2. The van der Waals surface area contributed by atoms with E-state index in [4.69, 9.17) is 0 Å². The van der Waals surface area contributed by atoms with Gasteiger partial charge < -0.3 is 10.6 Å². The molecule has 120 valence electrons. The third-order valence-electron chi connectivity index (χ3n) is 2.70. The van der Waals surface area contributed by atoms with Crippen molar-refractivity contribution in [1.29, 1.82) is 0 Å². The molecule has 0 atom stereocenters. The maximum absolute atomic E-state index is 12.8. The van der Waals surface area contributed by atoms with Gasteiger partial charge in [-0.05, 0) is 65.1 Å². The third-order valence-corrected chi connectivity index (χ3v) is 4.31. The van der Waals surface area contributed by atoms with E-state index in [0.29, 0.717) is 5.69 Å². The van der Waals surface area contributed by atoms with Crippen molar-refractivity contribution < 1.29 is 14.0 Å². The van der Waals surface area contributed by atoms with Gasteiger partial charge in [0.1, 0.15) is 5.82 Å². The molecule has 2 aromatic rings. The average Bonchev–Trinajstić information content (AvgIpc) is 2.49. The minimum absolute atomic E-state index is 0.150. The van der Waals surface area contributed by atoms with Crippen LogP contribution in [-0.2, 0) is 9.59 Å². The van der Waals surface area contributed by atoms with Crippen LogP contribution in [0.25, 0.3) is 0 Å². The van der Waals surface area contributed by atoms with Gasteiger partial charge in [0.05, 0.1) is 11.5 Å². The standard InChI is InChI=1S/C16H14FIN2O2S/c17-11-4-6-13(7-5-11)19-15(21)9-23-10-16(22)20-14-3-1-2-12(18)8-14/h1-8H,9-10H2,(H,19,21)(H,20,22). The van der Waals surface area contributed by atoms with Gasteiger partial charge in [0.15, 0.2) is 0 Å². The fourth-order valence-corrected chi connectivity index (χ4v) is 2.89. The van der Waals surface area contributed by atoms with E-state index >= 15 is 0 Å². The first kappa shape index (κ1) is 17.7. The zero-order chi connectivity index (χ0) is 16.7. The van der Waals surface area contributed by atoms with Crippen LogP contribution >= 0.6 is 34.4 Å². The number of carbonyl (C=O) groups is 2. The summed E-state index contributed by atoms with van der Waals surface area (Å²) in [7, 11) is 0. The molecule has 0 radical (unpaired) electrons. The maximum Gasteiger partial charge on any atom is 0.234 e. The molecule has 0 spiro atoms. The van der Waals surface area contributed by atoms with E-state index < -0.39 is 0 Å².